The molecule has 1 heterocycles. The fourth-order valence-corrected chi connectivity index (χ4v) is 3.03. The molecule has 1 aromatic rings. The Balaban J connectivity index is 1.63. The zero-order valence-corrected chi connectivity index (χ0v) is 15.0. The molecule has 4 N–H and O–H groups in total. The monoisotopic (exact) mass is 356 g/mol. The number of benzene rings is 1. The lowest BCUT2D eigenvalue weighted by Crippen LogP contribution is -2.55. The van der Waals surface area contributed by atoms with Gasteiger partial charge in [0.05, 0.1) is 17.4 Å². The van der Waals surface area contributed by atoms with Crippen molar-refractivity contribution in [1.82, 2.24) is 16.0 Å². The first-order chi connectivity index (χ1) is 12.5. The summed E-state index contributed by atoms with van der Waals surface area (Å²) in [6.07, 6.45) is 3.53. The quantitative estimate of drug-likeness (QED) is 0.433. The largest absolute Gasteiger partial charge is 0.348 e. The topological polar surface area (TPSA) is 107 Å². The normalized spacial score (nSPS) is 22.8. The van der Waals surface area contributed by atoms with E-state index >= 15 is 0 Å². The van der Waals surface area contributed by atoms with Gasteiger partial charge in [0.15, 0.2) is 5.71 Å². The van der Waals surface area contributed by atoms with Crippen LogP contribution < -0.4 is 21.4 Å². The second-order valence-corrected chi connectivity index (χ2v) is 6.78. The average molecular weight is 356 g/mol. The van der Waals surface area contributed by atoms with E-state index in [9.17, 15) is 9.59 Å². The van der Waals surface area contributed by atoms with Gasteiger partial charge < -0.3 is 16.0 Å². The maximum atomic E-state index is 12.5. The Morgan fingerprint density at radius 1 is 1.35 bits per heavy atom. The summed E-state index contributed by atoms with van der Waals surface area (Å²) in [4.78, 5) is 28.0. The summed E-state index contributed by atoms with van der Waals surface area (Å²) in [6, 6.07) is 7.51. The molecular weight excluding hydrogens is 332 g/mol. The Kier molecular flexibility index (Phi) is 5.20. The number of anilines is 1. The first-order valence-corrected chi connectivity index (χ1v) is 8.69. The highest BCUT2D eigenvalue weighted by molar-refractivity contribution is 6.60. The second-order valence-electron chi connectivity index (χ2n) is 6.78. The van der Waals surface area contributed by atoms with E-state index < -0.39 is 5.54 Å². The summed E-state index contributed by atoms with van der Waals surface area (Å²) >= 11 is 0. The summed E-state index contributed by atoms with van der Waals surface area (Å²) in [5.74, 6) is 0.0593. The molecule has 1 aliphatic carbocycles. The highest BCUT2D eigenvalue weighted by atomic mass is 16.2. The molecule has 26 heavy (non-hydrogen) atoms. The fraction of sp³-hybridized carbons (Fsp3) is 0.444. The summed E-state index contributed by atoms with van der Waals surface area (Å²) < 4.78 is 0. The van der Waals surface area contributed by atoms with Crippen molar-refractivity contribution in [2.45, 2.75) is 25.3 Å². The zero-order valence-electron chi connectivity index (χ0n) is 15.0. The molecule has 8 heteroatoms. The molecule has 0 aromatic heterocycles. The van der Waals surface area contributed by atoms with Gasteiger partial charge in [-0.1, -0.05) is 17.7 Å². The van der Waals surface area contributed by atoms with Crippen LogP contribution in [0.5, 0.6) is 0 Å². The van der Waals surface area contributed by atoms with Crippen LogP contribution in [0.2, 0.25) is 0 Å². The number of aryl methyl sites for hydroxylation is 1. The molecule has 0 radical (unpaired) electrons. The number of hydrazone groups is 1. The van der Waals surface area contributed by atoms with Crippen molar-refractivity contribution in [3.05, 3.63) is 29.8 Å². The fourth-order valence-electron chi connectivity index (χ4n) is 3.03. The Hall–Kier alpha value is -2.90. The highest BCUT2D eigenvalue weighted by Crippen LogP contribution is 2.40. The van der Waals surface area contributed by atoms with Gasteiger partial charge in [-0.15, -0.1) is 0 Å². The number of aliphatic imine (C=N–C) groups is 1. The molecule has 0 spiro atoms. The summed E-state index contributed by atoms with van der Waals surface area (Å²) in [5.41, 5.74) is 4.57. The number of amides is 3. The lowest BCUT2D eigenvalue weighted by molar-refractivity contribution is -0.114. The molecule has 1 atom stereocenters. The maximum absolute atomic E-state index is 12.5. The van der Waals surface area contributed by atoms with Gasteiger partial charge in [-0.25, -0.2) is 4.79 Å². The average Bonchev–Trinajstić information content (AvgIpc) is 3.42. The maximum Gasteiger partial charge on any atom is 0.315 e. The standard InChI is InChI=1S/C18H24N6O2/c1-12-3-7-14(8-4-12)23-24-15(9-19-2)16(25)20-10-18(13-5-6-13)11-21-17(26)22-18/h3-4,7-9,13,23H,5-6,10-11H2,1-2H3,(H,20,25)(H2,21,22,26)/b19-9-,24-15+/t18-/m1/s1. The Morgan fingerprint density at radius 2 is 2.08 bits per heavy atom. The smallest absolute Gasteiger partial charge is 0.315 e. The lowest BCUT2D eigenvalue weighted by atomic mass is 9.94. The number of urea groups is 1. The van der Waals surface area contributed by atoms with Gasteiger partial charge in [0.1, 0.15) is 0 Å². The molecule has 0 bridgehead atoms. The number of carbonyl (C=O) groups excluding carboxylic acids is 2. The third-order valence-corrected chi connectivity index (χ3v) is 4.69. The number of nitrogens with one attached hydrogen (secondary N) is 4. The molecule has 1 saturated carbocycles. The van der Waals surface area contributed by atoms with Crippen molar-refractivity contribution in [2.75, 3.05) is 25.6 Å². The van der Waals surface area contributed by atoms with E-state index in [1.807, 2.05) is 31.2 Å². The Labute approximate surface area is 152 Å². The minimum Gasteiger partial charge on any atom is -0.348 e. The molecule has 2 aliphatic rings. The first-order valence-electron chi connectivity index (χ1n) is 8.69. The number of nitrogens with zero attached hydrogens (tertiary/aromatic N) is 2. The molecule has 1 aliphatic heterocycles. The van der Waals surface area contributed by atoms with E-state index in [1.165, 1.54) is 6.21 Å². The van der Waals surface area contributed by atoms with E-state index in [1.54, 1.807) is 7.05 Å². The van der Waals surface area contributed by atoms with Gasteiger partial charge >= 0.3 is 6.03 Å². The second kappa shape index (κ2) is 7.55. The predicted molar refractivity (Wildman–Crippen MR) is 102 cm³/mol. The number of hydrogen-bond donors (Lipinski definition) is 4. The number of rotatable bonds is 7. The molecule has 3 amide bonds. The van der Waals surface area contributed by atoms with Crippen molar-refractivity contribution in [2.24, 2.45) is 16.0 Å². The van der Waals surface area contributed by atoms with Crippen LogP contribution >= 0.6 is 0 Å². The summed E-state index contributed by atoms with van der Waals surface area (Å²) in [5, 5.41) is 12.8. The van der Waals surface area contributed by atoms with E-state index in [4.69, 9.17) is 0 Å². The first kappa shape index (κ1) is 17.9. The molecule has 1 saturated heterocycles. The van der Waals surface area contributed by atoms with Crippen LogP contribution in [0.15, 0.2) is 34.4 Å². The minimum absolute atomic E-state index is 0.177. The van der Waals surface area contributed by atoms with E-state index in [2.05, 4.69) is 31.5 Å². The van der Waals surface area contributed by atoms with Crippen LogP contribution in [-0.4, -0.2) is 49.5 Å². The molecule has 8 nitrogen and oxygen atoms in total. The SMILES string of the molecule is C/N=C\C(=N/Nc1ccc(C)cc1)C(=O)NC[C@]1(C2CC2)CNC(=O)N1. The predicted octanol–water partition coefficient (Wildman–Crippen LogP) is 1.04. The Morgan fingerprint density at radius 3 is 2.65 bits per heavy atom. The highest BCUT2D eigenvalue weighted by Gasteiger charge is 2.49. The van der Waals surface area contributed by atoms with Crippen LogP contribution in [0.3, 0.4) is 0 Å². The van der Waals surface area contributed by atoms with Crippen molar-refractivity contribution in [1.29, 1.82) is 0 Å². The number of carbonyl (C=O) groups is 2. The summed E-state index contributed by atoms with van der Waals surface area (Å²) in [7, 11) is 1.58. The van der Waals surface area contributed by atoms with Gasteiger partial charge in [0.2, 0.25) is 0 Å². The van der Waals surface area contributed by atoms with Crippen molar-refractivity contribution in [3.63, 3.8) is 0 Å². The van der Waals surface area contributed by atoms with Gasteiger partial charge in [-0.05, 0) is 37.8 Å². The molecule has 3 rings (SSSR count). The molecule has 0 unspecified atom stereocenters. The van der Waals surface area contributed by atoms with Gasteiger partial charge in [-0.2, -0.15) is 5.10 Å². The Bertz CT molecular complexity index is 739. The molecule has 138 valence electrons. The van der Waals surface area contributed by atoms with E-state index in [0.717, 1.165) is 24.1 Å². The van der Waals surface area contributed by atoms with Crippen LogP contribution in [0.1, 0.15) is 18.4 Å². The van der Waals surface area contributed by atoms with Gasteiger partial charge in [0.25, 0.3) is 5.91 Å². The van der Waals surface area contributed by atoms with Crippen LogP contribution in [0, 0.1) is 12.8 Å². The van der Waals surface area contributed by atoms with Crippen LogP contribution in [0.25, 0.3) is 0 Å². The molecule has 2 fully saturated rings. The minimum atomic E-state index is -0.411. The van der Waals surface area contributed by atoms with Crippen LogP contribution in [0.4, 0.5) is 10.5 Å². The van der Waals surface area contributed by atoms with Crippen molar-refractivity contribution < 1.29 is 9.59 Å². The van der Waals surface area contributed by atoms with Crippen molar-refractivity contribution in [3.8, 4) is 0 Å². The van der Waals surface area contributed by atoms with E-state index in [-0.39, 0.29) is 17.6 Å². The molecule has 1 aromatic carbocycles. The third-order valence-electron chi connectivity index (χ3n) is 4.69. The molecular formula is C18H24N6O2. The van der Waals surface area contributed by atoms with E-state index in [0.29, 0.717) is 19.0 Å². The van der Waals surface area contributed by atoms with Gasteiger partial charge in [0, 0.05) is 20.1 Å². The lowest BCUT2D eigenvalue weighted by Gasteiger charge is -2.28. The summed E-state index contributed by atoms with van der Waals surface area (Å²) in [6.45, 7) is 2.88. The van der Waals surface area contributed by atoms with Crippen molar-refractivity contribution >= 4 is 29.6 Å². The third kappa shape index (κ3) is 4.19. The zero-order chi connectivity index (χ0) is 18.6. The van der Waals surface area contributed by atoms with Crippen LogP contribution in [-0.2, 0) is 4.79 Å². The van der Waals surface area contributed by atoms with Gasteiger partial charge in [-0.3, -0.25) is 15.2 Å². The number of hydrogen-bond acceptors (Lipinski definition) is 5.